The molecule has 0 unspecified atom stereocenters. The number of nitrogens with zero attached hydrogens (tertiary/aromatic N) is 4. The molecule has 7 aromatic carbocycles. The molecule has 0 spiro atoms. The fraction of sp³-hybridized carbons (Fsp3) is 0. The molecular formula is C50H32N4. The van der Waals surface area contributed by atoms with Crippen molar-refractivity contribution in [3.05, 3.63) is 194 Å². The fourth-order valence-electron chi connectivity index (χ4n) is 7.40. The molecule has 4 heteroatoms. The Morgan fingerprint density at radius 3 is 1.39 bits per heavy atom. The van der Waals surface area contributed by atoms with Crippen LogP contribution >= 0.6 is 0 Å². The van der Waals surface area contributed by atoms with E-state index in [4.69, 9.17) is 15.0 Å². The number of hydrogen-bond acceptors (Lipinski definition) is 4. The molecule has 0 saturated carbocycles. The number of hydrogen-bond donors (Lipinski definition) is 0. The van der Waals surface area contributed by atoms with Gasteiger partial charge >= 0.3 is 0 Å². The van der Waals surface area contributed by atoms with Gasteiger partial charge in [0.05, 0.1) is 28.1 Å². The van der Waals surface area contributed by atoms with Crippen LogP contribution < -0.4 is 0 Å². The van der Waals surface area contributed by atoms with Gasteiger partial charge in [0.1, 0.15) is 0 Å². The van der Waals surface area contributed by atoms with Crippen LogP contribution in [0.3, 0.4) is 0 Å². The van der Waals surface area contributed by atoms with E-state index in [0.29, 0.717) is 5.82 Å². The quantitative estimate of drug-likeness (QED) is 0.163. The van der Waals surface area contributed by atoms with Gasteiger partial charge in [0.25, 0.3) is 0 Å². The summed E-state index contributed by atoms with van der Waals surface area (Å²) in [7, 11) is 0. The van der Waals surface area contributed by atoms with E-state index in [9.17, 15) is 0 Å². The monoisotopic (exact) mass is 688 g/mol. The second kappa shape index (κ2) is 13.4. The number of aromatic nitrogens is 4. The summed E-state index contributed by atoms with van der Waals surface area (Å²) in [5.74, 6) is 0.713. The van der Waals surface area contributed by atoms with Crippen LogP contribution in [0.25, 0.3) is 100.0 Å². The van der Waals surface area contributed by atoms with Gasteiger partial charge in [-0.2, -0.15) is 0 Å². The Kier molecular flexibility index (Phi) is 7.77. The molecule has 10 rings (SSSR count). The molecule has 3 aromatic heterocycles. The van der Waals surface area contributed by atoms with Crippen LogP contribution in [0.1, 0.15) is 0 Å². The lowest BCUT2D eigenvalue weighted by atomic mass is 9.91. The van der Waals surface area contributed by atoms with E-state index in [-0.39, 0.29) is 0 Å². The summed E-state index contributed by atoms with van der Waals surface area (Å²) in [6, 6.07) is 65.7. The summed E-state index contributed by atoms with van der Waals surface area (Å²) in [6.45, 7) is 0. The Balaban J connectivity index is 0.984. The lowest BCUT2D eigenvalue weighted by Crippen LogP contribution is -1.95. The lowest BCUT2D eigenvalue weighted by Gasteiger charge is -2.14. The fourth-order valence-corrected chi connectivity index (χ4v) is 7.40. The van der Waals surface area contributed by atoms with Crippen LogP contribution in [0, 0.1) is 0 Å². The number of pyridine rings is 2. The molecule has 0 aliphatic rings. The molecule has 0 fully saturated rings. The van der Waals surface area contributed by atoms with Gasteiger partial charge < -0.3 is 0 Å². The van der Waals surface area contributed by atoms with E-state index < -0.39 is 0 Å². The standard InChI is InChI=1S/C50H32N4/c1-3-10-35(11-4-1)46-32-47(54-50(53-46)40-12-5-2-6-13-40)37-23-19-34(20-24-37)42-29-28-41(43-15-7-8-16-44(42)43)33-17-21-36(22-18-33)45-30-27-39-26-25-38-14-9-31-51-48(38)49(39)52-45/h1-32H. The summed E-state index contributed by atoms with van der Waals surface area (Å²) >= 11 is 0. The first-order valence-electron chi connectivity index (χ1n) is 18.1. The maximum atomic E-state index is 5.06. The maximum absolute atomic E-state index is 5.06. The molecule has 0 N–H and O–H groups in total. The minimum Gasteiger partial charge on any atom is -0.254 e. The molecular weight excluding hydrogens is 657 g/mol. The van der Waals surface area contributed by atoms with E-state index in [2.05, 4.69) is 151 Å². The first-order valence-corrected chi connectivity index (χ1v) is 18.1. The van der Waals surface area contributed by atoms with Gasteiger partial charge in [-0.1, -0.05) is 170 Å². The number of fused-ring (bicyclic) bond motifs is 4. The van der Waals surface area contributed by atoms with Gasteiger partial charge in [-0.05, 0) is 51.2 Å². The highest BCUT2D eigenvalue weighted by Crippen LogP contribution is 2.37. The van der Waals surface area contributed by atoms with Crippen molar-refractivity contribution in [2.24, 2.45) is 0 Å². The van der Waals surface area contributed by atoms with Crippen LogP contribution in [-0.4, -0.2) is 19.9 Å². The molecule has 252 valence electrons. The minimum atomic E-state index is 0.713. The lowest BCUT2D eigenvalue weighted by molar-refractivity contribution is 1.18. The zero-order valence-corrected chi connectivity index (χ0v) is 29.3. The first-order chi connectivity index (χ1) is 26.7. The van der Waals surface area contributed by atoms with Crippen molar-refractivity contribution < 1.29 is 0 Å². The predicted octanol–water partition coefficient (Wildman–Crippen LogP) is 12.7. The average molecular weight is 689 g/mol. The molecule has 0 saturated heterocycles. The molecule has 10 aromatic rings. The third-order valence-corrected chi connectivity index (χ3v) is 10.2. The molecule has 4 nitrogen and oxygen atoms in total. The Morgan fingerprint density at radius 2 is 0.778 bits per heavy atom. The zero-order valence-electron chi connectivity index (χ0n) is 29.3. The average Bonchev–Trinajstić information content (AvgIpc) is 3.26. The third kappa shape index (κ3) is 5.76. The SMILES string of the molecule is c1ccc(-c2cc(-c3ccc(-c4ccc(-c5ccc(-c6ccc7ccc8cccnc8c7n6)cc5)c5ccccc45)cc3)nc(-c3ccccc3)n2)cc1. The second-order valence-electron chi connectivity index (χ2n) is 13.5. The Morgan fingerprint density at radius 1 is 0.296 bits per heavy atom. The van der Waals surface area contributed by atoms with Gasteiger partial charge in [0.2, 0.25) is 0 Å². The van der Waals surface area contributed by atoms with Gasteiger partial charge in [0.15, 0.2) is 5.82 Å². The van der Waals surface area contributed by atoms with E-state index >= 15 is 0 Å². The van der Waals surface area contributed by atoms with Crippen molar-refractivity contribution >= 4 is 32.6 Å². The second-order valence-corrected chi connectivity index (χ2v) is 13.5. The highest BCUT2D eigenvalue weighted by atomic mass is 14.9. The first kappa shape index (κ1) is 31.4. The molecule has 0 atom stereocenters. The van der Waals surface area contributed by atoms with E-state index in [1.165, 1.54) is 21.9 Å². The highest BCUT2D eigenvalue weighted by molar-refractivity contribution is 6.05. The summed E-state index contributed by atoms with van der Waals surface area (Å²) in [5, 5.41) is 4.61. The minimum absolute atomic E-state index is 0.713. The summed E-state index contributed by atoms with van der Waals surface area (Å²) in [4.78, 5) is 19.7. The Labute approximate surface area is 313 Å². The summed E-state index contributed by atoms with van der Waals surface area (Å²) in [6.07, 6.45) is 1.83. The van der Waals surface area contributed by atoms with E-state index in [1.807, 2.05) is 48.7 Å². The topological polar surface area (TPSA) is 51.6 Å². The van der Waals surface area contributed by atoms with Crippen molar-refractivity contribution in [3.8, 4) is 67.4 Å². The summed E-state index contributed by atoms with van der Waals surface area (Å²) < 4.78 is 0. The normalized spacial score (nSPS) is 11.3. The predicted molar refractivity (Wildman–Crippen MR) is 223 cm³/mol. The molecule has 0 aliphatic carbocycles. The van der Waals surface area contributed by atoms with Crippen molar-refractivity contribution in [2.75, 3.05) is 0 Å². The third-order valence-electron chi connectivity index (χ3n) is 10.2. The van der Waals surface area contributed by atoms with Crippen molar-refractivity contribution in [1.29, 1.82) is 0 Å². The molecule has 54 heavy (non-hydrogen) atoms. The van der Waals surface area contributed by atoms with Crippen LogP contribution in [-0.2, 0) is 0 Å². The molecule has 0 amide bonds. The molecule has 0 aliphatic heterocycles. The van der Waals surface area contributed by atoms with Gasteiger partial charge in [0, 0.05) is 39.2 Å². The van der Waals surface area contributed by atoms with Gasteiger partial charge in [-0.3, -0.25) is 4.98 Å². The van der Waals surface area contributed by atoms with Gasteiger partial charge in [-0.25, -0.2) is 15.0 Å². The molecule has 3 heterocycles. The number of benzene rings is 7. The summed E-state index contributed by atoms with van der Waals surface area (Å²) in [5.41, 5.74) is 13.5. The van der Waals surface area contributed by atoms with E-state index in [0.717, 1.165) is 72.3 Å². The Bertz CT molecular complexity index is 2900. The maximum Gasteiger partial charge on any atom is 0.160 e. The highest BCUT2D eigenvalue weighted by Gasteiger charge is 2.14. The van der Waals surface area contributed by atoms with Crippen LogP contribution in [0.5, 0.6) is 0 Å². The molecule has 0 bridgehead atoms. The van der Waals surface area contributed by atoms with Crippen molar-refractivity contribution in [3.63, 3.8) is 0 Å². The van der Waals surface area contributed by atoms with Crippen LogP contribution in [0.2, 0.25) is 0 Å². The van der Waals surface area contributed by atoms with Crippen molar-refractivity contribution in [1.82, 2.24) is 19.9 Å². The number of rotatable bonds is 6. The van der Waals surface area contributed by atoms with Crippen LogP contribution in [0.15, 0.2) is 194 Å². The largest absolute Gasteiger partial charge is 0.254 e. The van der Waals surface area contributed by atoms with E-state index in [1.54, 1.807) is 0 Å². The zero-order chi connectivity index (χ0) is 35.8. The Hall–Kier alpha value is -7.30. The van der Waals surface area contributed by atoms with Crippen molar-refractivity contribution in [2.45, 2.75) is 0 Å². The van der Waals surface area contributed by atoms with Crippen LogP contribution in [0.4, 0.5) is 0 Å². The smallest absolute Gasteiger partial charge is 0.160 e. The molecule has 0 radical (unpaired) electrons. The van der Waals surface area contributed by atoms with Gasteiger partial charge in [-0.15, -0.1) is 0 Å².